The Bertz CT molecular complexity index is 384. The minimum absolute atomic E-state index is 0.432. The summed E-state index contributed by atoms with van der Waals surface area (Å²) in [6.45, 7) is 9.33. The maximum absolute atomic E-state index is 5.37. The molecule has 1 aromatic heterocycles. The van der Waals surface area contributed by atoms with Gasteiger partial charge in [-0.25, -0.2) is 0 Å². The molecule has 0 aliphatic carbocycles. The molecule has 0 atom stereocenters. The summed E-state index contributed by atoms with van der Waals surface area (Å²) in [6, 6.07) is 4.86. The molecule has 3 heteroatoms. The molecular formula is C14H22N2S. The van der Waals surface area contributed by atoms with E-state index in [0.717, 1.165) is 18.0 Å². The summed E-state index contributed by atoms with van der Waals surface area (Å²) in [7, 11) is 0. The Morgan fingerprint density at radius 2 is 2.18 bits per heavy atom. The minimum Gasteiger partial charge on any atom is -0.320 e. The van der Waals surface area contributed by atoms with Crippen molar-refractivity contribution in [3.63, 3.8) is 0 Å². The van der Waals surface area contributed by atoms with E-state index in [2.05, 4.69) is 49.6 Å². The number of nitrogens with two attached hydrogens (primary N) is 1. The van der Waals surface area contributed by atoms with Crippen LogP contribution in [0.5, 0.6) is 0 Å². The predicted octanol–water partition coefficient (Wildman–Crippen LogP) is 2.68. The molecule has 0 spiro atoms. The first kappa shape index (κ1) is 14.2. The van der Waals surface area contributed by atoms with Crippen molar-refractivity contribution in [3.05, 3.63) is 21.9 Å². The molecule has 2 nitrogen and oxygen atoms in total. The smallest absolute Gasteiger partial charge is 0.0772 e. The van der Waals surface area contributed by atoms with Crippen molar-refractivity contribution in [2.45, 2.75) is 39.8 Å². The van der Waals surface area contributed by atoms with Crippen molar-refractivity contribution >= 4 is 11.3 Å². The highest BCUT2D eigenvalue weighted by molar-refractivity contribution is 7.12. The molecule has 0 radical (unpaired) electrons. The summed E-state index contributed by atoms with van der Waals surface area (Å²) in [6.07, 6.45) is 1.20. The second kappa shape index (κ2) is 7.50. The van der Waals surface area contributed by atoms with Crippen LogP contribution in [0.3, 0.4) is 0 Å². The topological polar surface area (TPSA) is 29.3 Å². The van der Waals surface area contributed by atoms with Crippen LogP contribution in [-0.2, 0) is 6.54 Å². The summed E-state index contributed by atoms with van der Waals surface area (Å²) < 4.78 is 0. The van der Waals surface area contributed by atoms with Crippen LogP contribution in [0, 0.1) is 11.8 Å². The van der Waals surface area contributed by atoms with Gasteiger partial charge in [0.05, 0.1) is 11.4 Å². The molecule has 0 aliphatic heterocycles. The number of thiophene rings is 1. The van der Waals surface area contributed by atoms with Gasteiger partial charge in [-0.3, -0.25) is 4.90 Å². The Balaban J connectivity index is 2.63. The quantitative estimate of drug-likeness (QED) is 0.814. The Morgan fingerprint density at radius 1 is 1.41 bits per heavy atom. The summed E-state index contributed by atoms with van der Waals surface area (Å²) in [5.74, 6) is 5.98. The van der Waals surface area contributed by atoms with Crippen LogP contribution in [0.1, 0.15) is 36.9 Å². The third-order valence-corrected chi connectivity index (χ3v) is 3.56. The zero-order chi connectivity index (χ0) is 12.7. The van der Waals surface area contributed by atoms with Gasteiger partial charge in [-0.15, -0.1) is 11.3 Å². The molecule has 1 rings (SSSR count). The van der Waals surface area contributed by atoms with Gasteiger partial charge >= 0.3 is 0 Å². The standard InChI is InChI=1S/C14H22N2S/c1-4-10-16(12(2)3)11-14-8-7-13(17-14)6-5-9-15/h7-8,12H,4,9-11,15H2,1-3H3. The normalized spacial score (nSPS) is 10.7. The molecule has 2 N–H and O–H groups in total. The van der Waals surface area contributed by atoms with Crippen LogP contribution in [-0.4, -0.2) is 24.0 Å². The van der Waals surface area contributed by atoms with E-state index >= 15 is 0 Å². The van der Waals surface area contributed by atoms with Crippen molar-refractivity contribution in [1.82, 2.24) is 4.90 Å². The van der Waals surface area contributed by atoms with Crippen LogP contribution in [0.2, 0.25) is 0 Å². The fraction of sp³-hybridized carbons (Fsp3) is 0.571. The molecule has 0 amide bonds. The Morgan fingerprint density at radius 3 is 2.76 bits per heavy atom. The zero-order valence-corrected chi connectivity index (χ0v) is 11.8. The first-order valence-corrected chi connectivity index (χ1v) is 7.00. The van der Waals surface area contributed by atoms with Crippen LogP contribution in [0.4, 0.5) is 0 Å². The van der Waals surface area contributed by atoms with E-state index in [-0.39, 0.29) is 0 Å². The van der Waals surface area contributed by atoms with E-state index in [0.29, 0.717) is 12.6 Å². The molecule has 0 saturated carbocycles. The monoisotopic (exact) mass is 250 g/mol. The minimum atomic E-state index is 0.432. The molecule has 0 unspecified atom stereocenters. The summed E-state index contributed by atoms with van der Waals surface area (Å²) >= 11 is 1.77. The highest BCUT2D eigenvalue weighted by Crippen LogP contribution is 2.18. The molecule has 17 heavy (non-hydrogen) atoms. The molecule has 0 fully saturated rings. The van der Waals surface area contributed by atoms with Crippen LogP contribution >= 0.6 is 11.3 Å². The van der Waals surface area contributed by atoms with Gasteiger partial charge in [-0.1, -0.05) is 18.8 Å². The third kappa shape index (κ3) is 4.91. The van der Waals surface area contributed by atoms with Crippen LogP contribution in [0.25, 0.3) is 0 Å². The van der Waals surface area contributed by atoms with Crippen molar-refractivity contribution in [3.8, 4) is 11.8 Å². The first-order chi connectivity index (χ1) is 8.17. The van der Waals surface area contributed by atoms with Gasteiger partial charge < -0.3 is 5.73 Å². The second-order valence-corrected chi connectivity index (χ2v) is 5.50. The molecule has 0 aliphatic rings. The number of rotatable bonds is 5. The summed E-state index contributed by atoms with van der Waals surface area (Å²) in [5, 5.41) is 0. The lowest BCUT2D eigenvalue weighted by Crippen LogP contribution is -2.30. The van der Waals surface area contributed by atoms with E-state index < -0.39 is 0 Å². The van der Waals surface area contributed by atoms with Gasteiger partial charge in [-0.2, -0.15) is 0 Å². The number of nitrogens with zero attached hydrogens (tertiary/aromatic N) is 1. The number of hydrogen-bond acceptors (Lipinski definition) is 3. The van der Waals surface area contributed by atoms with Crippen LogP contribution in [0.15, 0.2) is 12.1 Å². The molecule has 1 aromatic rings. The molecule has 0 bridgehead atoms. The van der Waals surface area contributed by atoms with E-state index in [4.69, 9.17) is 5.73 Å². The van der Waals surface area contributed by atoms with Crippen molar-refractivity contribution < 1.29 is 0 Å². The maximum Gasteiger partial charge on any atom is 0.0772 e. The van der Waals surface area contributed by atoms with Crippen molar-refractivity contribution in [2.24, 2.45) is 5.73 Å². The van der Waals surface area contributed by atoms with E-state index in [1.165, 1.54) is 11.3 Å². The molecule has 1 heterocycles. The Kier molecular flexibility index (Phi) is 6.28. The highest BCUT2D eigenvalue weighted by Gasteiger charge is 2.10. The molecule has 94 valence electrons. The largest absolute Gasteiger partial charge is 0.320 e. The van der Waals surface area contributed by atoms with Gasteiger partial charge in [0.1, 0.15) is 0 Å². The first-order valence-electron chi connectivity index (χ1n) is 6.19. The molecule has 0 aromatic carbocycles. The Labute approximate surface area is 109 Å². The summed E-state index contributed by atoms with van der Waals surface area (Å²) in [5.41, 5.74) is 5.37. The fourth-order valence-electron chi connectivity index (χ4n) is 1.68. The third-order valence-electron chi connectivity index (χ3n) is 2.58. The van der Waals surface area contributed by atoms with Crippen molar-refractivity contribution in [1.29, 1.82) is 0 Å². The van der Waals surface area contributed by atoms with Crippen molar-refractivity contribution in [2.75, 3.05) is 13.1 Å². The highest BCUT2D eigenvalue weighted by atomic mass is 32.1. The predicted molar refractivity (Wildman–Crippen MR) is 76.1 cm³/mol. The Hall–Kier alpha value is -0.820. The zero-order valence-electron chi connectivity index (χ0n) is 11.0. The lowest BCUT2D eigenvalue weighted by atomic mass is 10.2. The average Bonchev–Trinajstić information content (AvgIpc) is 2.73. The van der Waals surface area contributed by atoms with Gasteiger partial charge in [0.25, 0.3) is 0 Å². The van der Waals surface area contributed by atoms with Crippen LogP contribution < -0.4 is 5.73 Å². The summed E-state index contributed by atoms with van der Waals surface area (Å²) in [4.78, 5) is 4.99. The van der Waals surface area contributed by atoms with Gasteiger partial charge in [0.2, 0.25) is 0 Å². The van der Waals surface area contributed by atoms with E-state index in [1.807, 2.05) is 0 Å². The lowest BCUT2D eigenvalue weighted by molar-refractivity contribution is 0.215. The second-order valence-electron chi connectivity index (χ2n) is 4.34. The van der Waals surface area contributed by atoms with E-state index in [9.17, 15) is 0 Å². The maximum atomic E-state index is 5.37. The average molecular weight is 250 g/mol. The molecule has 0 saturated heterocycles. The van der Waals surface area contributed by atoms with Gasteiger partial charge in [0, 0.05) is 17.5 Å². The van der Waals surface area contributed by atoms with Gasteiger partial charge in [-0.05, 0) is 38.9 Å². The SMILES string of the molecule is CCCN(Cc1ccc(C#CCN)s1)C(C)C. The lowest BCUT2D eigenvalue weighted by Gasteiger charge is -2.25. The molecular weight excluding hydrogens is 228 g/mol. The number of hydrogen-bond donors (Lipinski definition) is 1. The van der Waals surface area contributed by atoms with Gasteiger partial charge in [0.15, 0.2) is 0 Å². The van der Waals surface area contributed by atoms with E-state index in [1.54, 1.807) is 11.3 Å². The fourth-order valence-corrected chi connectivity index (χ4v) is 2.58.